The first-order chi connectivity index (χ1) is 13.5. The Hall–Kier alpha value is -3.63. The van der Waals surface area contributed by atoms with Gasteiger partial charge in [-0.1, -0.05) is 18.7 Å². The average molecular weight is 410 g/mol. The second-order valence-corrected chi connectivity index (χ2v) is 5.77. The molecule has 1 aromatic carbocycles. The van der Waals surface area contributed by atoms with Gasteiger partial charge in [-0.15, -0.1) is 0 Å². The van der Waals surface area contributed by atoms with Crippen molar-refractivity contribution in [1.29, 1.82) is 0 Å². The van der Waals surface area contributed by atoms with E-state index >= 15 is 0 Å². The maximum atomic E-state index is 14.3. The number of hydrogen-bond acceptors (Lipinski definition) is 4. The van der Waals surface area contributed by atoms with Gasteiger partial charge in [0.05, 0.1) is 11.8 Å². The molecule has 11 heteroatoms. The van der Waals surface area contributed by atoms with Gasteiger partial charge in [0.15, 0.2) is 11.6 Å². The van der Waals surface area contributed by atoms with Crippen molar-refractivity contribution < 1.29 is 31.9 Å². The van der Waals surface area contributed by atoms with Crippen molar-refractivity contribution in [3.8, 4) is 17.2 Å². The molecule has 0 radical (unpaired) electrons. The van der Waals surface area contributed by atoms with Crippen molar-refractivity contribution in [3.05, 3.63) is 72.2 Å². The Labute approximate surface area is 160 Å². The monoisotopic (exact) mass is 410 g/mol. The molecule has 0 bridgehead atoms. The van der Waals surface area contributed by atoms with Crippen molar-refractivity contribution in [2.45, 2.75) is 12.1 Å². The molecular weight excluding hydrogens is 399 g/mol. The van der Waals surface area contributed by atoms with E-state index in [0.29, 0.717) is 4.68 Å². The highest BCUT2D eigenvalue weighted by Gasteiger charge is 2.38. The first-order valence-electron chi connectivity index (χ1n) is 7.89. The molecule has 0 saturated carbocycles. The summed E-state index contributed by atoms with van der Waals surface area (Å²) in [5.74, 6) is -5.84. The Morgan fingerprint density at radius 2 is 1.90 bits per heavy atom. The fourth-order valence-corrected chi connectivity index (χ4v) is 2.54. The number of alkyl halides is 5. The highest BCUT2D eigenvalue weighted by Crippen LogP contribution is 2.34. The van der Waals surface area contributed by atoms with Gasteiger partial charge < -0.3 is 5.11 Å². The largest absolute Gasteiger partial charge is 0.478 e. The van der Waals surface area contributed by atoms with E-state index in [4.69, 9.17) is 5.11 Å². The summed E-state index contributed by atoms with van der Waals surface area (Å²) in [5, 5.41) is 12.8. The van der Waals surface area contributed by atoms with Gasteiger partial charge in [0.25, 0.3) is 0 Å². The topological polar surface area (TPSA) is 80.9 Å². The van der Waals surface area contributed by atoms with Crippen LogP contribution in [0.2, 0.25) is 0 Å². The lowest BCUT2D eigenvalue weighted by Crippen LogP contribution is -2.20. The molecule has 0 aliphatic heterocycles. The molecule has 0 spiro atoms. The summed E-state index contributed by atoms with van der Waals surface area (Å²) in [6.45, 7) is 3.00. The Bertz CT molecular complexity index is 1090. The van der Waals surface area contributed by atoms with Gasteiger partial charge in [-0.05, 0) is 18.2 Å². The quantitative estimate of drug-likeness (QED) is 0.500. The zero-order valence-electron chi connectivity index (χ0n) is 14.4. The number of aromatic carboxylic acids is 1. The summed E-state index contributed by atoms with van der Waals surface area (Å²) in [5.41, 5.74) is -2.71. The summed E-state index contributed by atoms with van der Waals surface area (Å²) in [7, 11) is 0. The summed E-state index contributed by atoms with van der Waals surface area (Å²) in [4.78, 5) is 19.1. The maximum absolute atomic E-state index is 14.3. The molecule has 1 N–H and O–H groups in total. The minimum atomic E-state index is -4.59. The third-order valence-corrected chi connectivity index (χ3v) is 3.88. The summed E-state index contributed by atoms with van der Waals surface area (Å²) in [6, 6.07) is 5.31. The SMILES string of the molecule is C=CC(F)(F)c1c(C(=O)O)cnn1-c1ccnc(-c2cccc(C(F)(F)F)c2)n1. The third-order valence-electron chi connectivity index (χ3n) is 3.88. The van der Waals surface area contributed by atoms with Gasteiger partial charge in [0.1, 0.15) is 11.3 Å². The predicted octanol–water partition coefficient (Wildman–Crippen LogP) is 4.32. The number of carbonyl (C=O) groups is 1. The van der Waals surface area contributed by atoms with Gasteiger partial charge in [-0.2, -0.15) is 27.1 Å². The minimum absolute atomic E-state index is 0.00989. The molecule has 3 aromatic rings. The standard InChI is InChI=1S/C18H11F5N4O2/c1-2-17(19,20)14-12(16(28)29)9-25-27(14)13-6-7-24-15(26-13)10-4-3-5-11(8-10)18(21,22)23/h2-9H,1H2,(H,28,29). The van der Waals surface area contributed by atoms with Gasteiger partial charge in [0.2, 0.25) is 0 Å². The van der Waals surface area contributed by atoms with E-state index in [9.17, 15) is 26.7 Å². The number of carboxylic acids is 1. The van der Waals surface area contributed by atoms with E-state index in [1.54, 1.807) is 0 Å². The van der Waals surface area contributed by atoms with Crippen LogP contribution in [0.3, 0.4) is 0 Å². The van der Waals surface area contributed by atoms with Gasteiger partial charge in [0, 0.05) is 17.8 Å². The van der Waals surface area contributed by atoms with Gasteiger partial charge >= 0.3 is 18.1 Å². The number of halogens is 5. The Morgan fingerprint density at radius 3 is 2.52 bits per heavy atom. The van der Waals surface area contributed by atoms with Crippen LogP contribution in [0.1, 0.15) is 21.6 Å². The second-order valence-electron chi connectivity index (χ2n) is 5.77. The molecule has 29 heavy (non-hydrogen) atoms. The smallest absolute Gasteiger partial charge is 0.416 e. The Morgan fingerprint density at radius 1 is 1.17 bits per heavy atom. The number of rotatable bonds is 5. The van der Waals surface area contributed by atoms with Crippen LogP contribution in [-0.4, -0.2) is 30.8 Å². The highest BCUT2D eigenvalue weighted by molar-refractivity contribution is 5.89. The molecule has 0 fully saturated rings. The zero-order chi connectivity index (χ0) is 21.4. The van der Waals surface area contributed by atoms with Crippen LogP contribution >= 0.6 is 0 Å². The lowest BCUT2D eigenvalue weighted by atomic mass is 10.1. The van der Waals surface area contributed by atoms with E-state index in [-0.39, 0.29) is 23.3 Å². The molecule has 0 saturated heterocycles. The molecule has 0 unspecified atom stereocenters. The van der Waals surface area contributed by atoms with E-state index in [1.807, 2.05) is 0 Å². The molecule has 3 rings (SSSR count). The van der Waals surface area contributed by atoms with Crippen LogP contribution in [0.4, 0.5) is 22.0 Å². The van der Waals surface area contributed by atoms with Crippen molar-refractivity contribution in [3.63, 3.8) is 0 Å². The number of benzene rings is 1. The van der Waals surface area contributed by atoms with Crippen LogP contribution in [-0.2, 0) is 12.1 Å². The fraction of sp³-hybridized carbons (Fsp3) is 0.111. The van der Waals surface area contributed by atoms with Crippen LogP contribution in [0.15, 0.2) is 55.4 Å². The molecule has 2 aromatic heterocycles. The Balaban J connectivity index is 2.15. The molecular formula is C18H11F5N4O2. The number of nitrogens with zero attached hydrogens (tertiary/aromatic N) is 4. The molecule has 0 aliphatic rings. The molecule has 0 aliphatic carbocycles. The van der Waals surface area contributed by atoms with Crippen LogP contribution in [0.5, 0.6) is 0 Å². The molecule has 150 valence electrons. The zero-order valence-corrected chi connectivity index (χ0v) is 14.4. The third kappa shape index (κ3) is 3.84. The number of allylic oxidation sites excluding steroid dienone is 1. The lowest BCUT2D eigenvalue weighted by Gasteiger charge is -2.15. The minimum Gasteiger partial charge on any atom is -0.478 e. The van der Waals surface area contributed by atoms with Crippen LogP contribution in [0, 0.1) is 0 Å². The lowest BCUT2D eigenvalue weighted by molar-refractivity contribution is -0.137. The number of hydrogen-bond donors (Lipinski definition) is 1. The first kappa shape index (κ1) is 20.1. The maximum Gasteiger partial charge on any atom is 0.416 e. The fourth-order valence-electron chi connectivity index (χ4n) is 2.54. The normalized spacial score (nSPS) is 12.0. The van der Waals surface area contributed by atoms with E-state index in [0.717, 1.165) is 30.6 Å². The van der Waals surface area contributed by atoms with Crippen molar-refractivity contribution in [2.75, 3.05) is 0 Å². The second kappa shape index (κ2) is 7.08. The average Bonchev–Trinajstić information content (AvgIpc) is 3.14. The van der Waals surface area contributed by atoms with Gasteiger partial charge in [-0.25, -0.2) is 19.4 Å². The number of carboxylic acid groups (broad SMARTS) is 1. The first-order valence-corrected chi connectivity index (χ1v) is 7.89. The van der Waals surface area contributed by atoms with Gasteiger partial charge in [-0.3, -0.25) is 0 Å². The predicted molar refractivity (Wildman–Crippen MR) is 90.6 cm³/mol. The van der Waals surface area contributed by atoms with Crippen molar-refractivity contribution in [1.82, 2.24) is 19.7 Å². The van der Waals surface area contributed by atoms with Crippen LogP contribution in [0.25, 0.3) is 17.2 Å². The highest BCUT2D eigenvalue weighted by atomic mass is 19.4. The van der Waals surface area contributed by atoms with E-state index < -0.39 is 34.9 Å². The van der Waals surface area contributed by atoms with E-state index in [2.05, 4.69) is 21.6 Å². The Kier molecular flexibility index (Phi) is 4.91. The van der Waals surface area contributed by atoms with Crippen LogP contribution < -0.4 is 0 Å². The number of aromatic nitrogens is 4. The summed E-state index contributed by atoms with van der Waals surface area (Å²) in [6.07, 6.45) is -2.48. The van der Waals surface area contributed by atoms with E-state index in [1.165, 1.54) is 12.1 Å². The summed E-state index contributed by atoms with van der Waals surface area (Å²) >= 11 is 0. The van der Waals surface area contributed by atoms with Crippen molar-refractivity contribution >= 4 is 5.97 Å². The molecule has 0 atom stereocenters. The molecule has 6 nitrogen and oxygen atoms in total. The summed E-state index contributed by atoms with van der Waals surface area (Å²) < 4.78 is 67.9. The van der Waals surface area contributed by atoms with Crippen molar-refractivity contribution in [2.24, 2.45) is 0 Å². The molecule has 0 amide bonds. The molecule has 2 heterocycles.